The lowest BCUT2D eigenvalue weighted by Crippen LogP contribution is -2.13. The highest BCUT2D eigenvalue weighted by Gasteiger charge is 2.12. The fourth-order valence-corrected chi connectivity index (χ4v) is 3.81. The van der Waals surface area contributed by atoms with Crippen molar-refractivity contribution in [2.45, 2.75) is 13.8 Å². The van der Waals surface area contributed by atoms with Crippen LogP contribution in [-0.4, -0.2) is 25.6 Å². The topological polar surface area (TPSA) is 88.2 Å². The Labute approximate surface area is 162 Å². The van der Waals surface area contributed by atoms with Gasteiger partial charge in [-0.1, -0.05) is 29.8 Å². The lowest BCUT2D eigenvalue weighted by Gasteiger charge is -2.06. The zero-order chi connectivity index (χ0) is 19.6. The first-order valence-corrected chi connectivity index (χ1v) is 10.9. The molecule has 0 unspecified atom stereocenters. The molecule has 0 spiro atoms. The third-order valence-corrected chi connectivity index (χ3v) is 5.21. The summed E-state index contributed by atoms with van der Waals surface area (Å²) in [6.45, 7) is 3.84. The van der Waals surface area contributed by atoms with Gasteiger partial charge < -0.3 is 0 Å². The van der Waals surface area contributed by atoms with Gasteiger partial charge in [0.1, 0.15) is 0 Å². The van der Waals surface area contributed by atoms with Crippen molar-refractivity contribution in [1.82, 2.24) is 4.98 Å². The van der Waals surface area contributed by atoms with Crippen LogP contribution in [0.1, 0.15) is 21.5 Å². The minimum absolute atomic E-state index is 0.190. The molecule has 0 radical (unpaired) electrons. The largest absolute Gasteiger partial charge is 0.298 e. The number of nitrogens with one attached hydrogen (secondary N) is 2. The van der Waals surface area contributed by atoms with E-state index >= 15 is 0 Å². The van der Waals surface area contributed by atoms with Crippen LogP contribution in [0.4, 0.5) is 10.8 Å². The number of amides is 1. The number of anilines is 2. The maximum atomic E-state index is 12.5. The molecule has 1 heterocycles. The van der Waals surface area contributed by atoms with Gasteiger partial charge in [0.05, 0.1) is 11.9 Å². The zero-order valence-corrected chi connectivity index (χ0v) is 16.7. The average molecular weight is 402 g/mol. The Morgan fingerprint density at radius 2 is 1.78 bits per heavy atom. The number of aryl methyl sites for hydroxylation is 2. The van der Waals surface area contributed by atoms with E-state index in [0.29, 0.717) is 22.1 Å². The summed E-state index contributed by atoms with van der Waals surface area (Å²) in [4.78, 5) is 17.0. The van der Waals surface area contributed by atoms with E-state index in [1.54, 1.807) is 24.3 Å². The normalized spacial score (nSPS) is 11.2. The van der Waals surface area contributed by atoms with E-state index in [4.69, 9.17) is 0 Å². The molecule has 0 atom stereocenters. The molecule has 0 saturated carbocycles. The van der Waals surface area contributed by atoms with Gasteiger partial charge in [-0.25, -0.2) is 13.4 Å². The minimum Gasteiger partial charge on any atom is -0.298 e. The van der Waals surface area contributed by atoms with Crippen LogP contribution in [0.3, 0.4) is 0 Å². The maximum Gasteiger partial charge on any atom is 0.257 e. The molecule has 0 aliphatic heterocycles. The Hall–Kier alpha value is -2.71. The number of nitrogens with zero attached hydrogens (tertiary/aromatic N) is 1. The molecule has 3 rings (SSSR count). The van der Waals surface area contributed by atoms with Crippen LogP contribution in [0.15, 0.2) is 47.8 Å². The number of carbonyl (C=O) groups excluding carboxylic acids is 1. The van der Waals surface area contributed by atoms with Gasteiger partial charge in [0, 0.05) is 22.2 Å². The fraction of sp³-hybridized carbons (Fsp3) is 0.158. The van der Waals surface area contributed by atoms with Gasteiger partial charge in [0.2, 0.25) is 10.0 Å². The van der Waals surface area contributed by atoms with Crippen molar-refractivity contribution < 1.29 is 13.2 Å². The van der Waals surface area contributed by atoms with Gasteiger partial charge >= 0.3 is 0 Å². The summed E-state index contributed by atoms with van der Waals surface area (Å²) in [5, 5.41) is 5.19. The van der Waals surface area contributed by atoms with E-state index in [9.17, 15) is 13.2 Å². The Balaban J connectivity index is 1.75. The second-order valence-corrected chi connectivity index (χ2v) is 8.87. The monoisotopic (exact) mass is 401 g/mol. The van der Waals surface area contributed by atoms with Crippen molar-refractivity contribution in [2.75, 3.05) is 16.3 Å². The Morgan fingerprint density at radius 3 is 2.44 bits per heavy atom. The summed E-state index contributed by atoms with van der Waals surface area (Å²) in [5.41, 5.74) is 4.58. The molecule has 1 amide bonds. The fourth-order valence-electron chi connectivity index (χ4n) is 2.53. The Kier molecular flexibility index (Phi) is 5.29. The standard InChI is InChI=1S/C19H19N3O3S2/c1-12-4-5-13(2)16(10-12)18(23)21-19-20-17(11-26-19)14-6-8-15(9-7-14)22-27(3,24)25/h4-11,22H,1-3H3,(H,20,21,23). The van der Waals surface area contributed by atoms with Crippen LogP contribution in [0, 0.1) is 13.8 Å². The number of sulfonamides is 1. The van der Waals surface area contributed by atoms with Crippen LogP contribution < -0.4 is 10.0 Å². The molecule has 0 aliphatic rings. The Morgan fingerprint density at radius 1 is 1.07 bits per heavy atom. The molecule has 2 aromatic carbocycles. The molecule has 3 aromatic rings. The number of carbonyl (C=O) groups is 1. The molecule has 0 saturated heterocycles. The van der Waals surface area contributed by atoms with Crippen LogP contribution in [0.25, 0.3) is 11.3 Å². The molecule has 0 aliphatic carbocycles. The van der Waals surface area contributed by atoms with Crippen molar-refractivity contribution >= 4 is 38.1 Å². The first-order chi connectivity index (χ1) is 12.7. The van der Waals surface area contributed by atoms with E-state index < -0.39 is 10.0 Å². The van der Waals surface area contributed by atoms with Crippen molar-refractivity contribution in [3.8, 4) is 11.3 Å². The zero-order valence-electron chi connectivity index (χ0n) is 15.1. The van der Waals surface area contributed by atoms with Crippen LogP contribution >= 0.6 is 11.3 Å². The first kappa shape index (κ1) is 19.1. The number of benzene rings is 2. The van der Waals surface area contributed by atoms with Gasteiger partial charge in [-0.05, 0) is 37.6 Å². The van der Waals surface area contributed by atoms with Crippen LogP contribution in [0.2, 0.25) is 0 Å². The van der Waals surface area contributed by atoms with Crippen molar-refractivity contribution in [3.05, 3.63) is 64.5 Å². The lowest BCUT2D eigenvalue weighted by atomic mass is 10.1. The molecule has 27 heavy (non-hydrogen) atoms. The molecule has 8 heteroatoms. The maximum absolute atomic E-state index is 12.5. The summed E-state index contributed by atoms with van der Waals surface area (Å²) in [6.07, 6.45) is 1.10. The van der Waals surface area contributed by atoms with Gasteiger partial charge in [-0.3, -0.25) is 14.8 Å². The summed E-state index contributed by atoms with van der Waals surface area (Å²) < 4.78 is 24.9. The molecular formula is C19H19N3O3S2. The van der Waals surface area contributed by atoms with E-state index in [2.05, 4.69) is 15.0 Å². The molecular weight excluding hydrogens is 382 g/mol. The van der Waals surface area contributed by atoms with Gasteiger partial charge in [0.25, 0.3) is 5.91 Å². The first-order valence-electron chi connectivity index (χ1n) is 8.13. The Bertz CT molecular complexity index is 1090. The van der Waals surface area contributed by atoms with Crippen molar-refractivity contribution in [2.24, 2.45) is 0 Å². The van der Waals surface area contributed by atoms with E-state index in [-0.39, 0.29) is 5.91 Å². The predicted molar refractivity (Wildman–Crippen MR) is 110 cm³/mol. The van der Waals surface area contributed by atoms with Crippen molar-refractivity contribution in [1.29, 1.82) is 0 Å². The second-order valence-electron chi connectivity index (χ2n) is 6.26. The molecule has 0 fully saturated rings. The highest BCUT2D eigenvalue weighted by Crippen LogP contribution is 2.26. The van der Waals surface area contributed by atoms with Gasteiger partial charge in [0.15, 0.2) is 5.13 Å². The molecule has 0 bridgehead atoms. The van der Waals surface area contributed by atoms with E-state index in [0.717, 1.165) is 22.9 Å². The summed E-state index contributed by atoms with van der Waals surface area (Å²) in [6, 6.07) is 12.6. The van der Waals surface area contributed by atoms with Crippen LogP contribution in [0.5, 0.6) is 0 Å². The lowest BCUT2D eigenvalue weighted by molar-refractivity contribution is 0.102. The van der Waals surface area contributed by atoms with E-state index in [1.807, 2.05) is 37.4 Å². The van der Waals surface area contributed by atoms with Crippen LogP contribution in [-0.2, 0) is 10.0 Å². The number of rotatable bonds is 5. The minimum atomic E-state index is -3.31. The third-order valence-electron chi connectivity index (χ3n) is 3.85. The summed E-state index contributed by atoms with van der Waals surface area (Å²) in [7, 11) is -3.31. The van der Waals surface area contributed by atoms with Crippen molar-refractivity contribution in [3.63, 3.8) is 0 Å². The molecule has 6 nitrogen and oxygen atoms in total. The molecule has 2 N–H and O–H groups in total. The predicted octanol–water partition coefficient (Wildman–Crippen LogP) is 4.05. The molecule has 140 valence electrons. The highest BCUT2D eigenvalue weighted by atomic mass is 32.2. The quantitative estimate of drug-likeness (QED) is 0.675. The number of aromatic nitrogens is 1. The molecule has 1 aromatic heterocycles. The number of hydrogen-bond donors (Lipinski definition) is 2. The SMILES string of the molecule is Cc1ccc(C)c(C(=O)Nc2nc(-c3ccc(NS(C)(=O)=O)cc3)cs2)c1. The average Bonchev–Trinajstić information content (AvgIpc) is 3.04. The van der Waals surface area contributed by atoms with E-state index in [1.165, 1.54) is 11.3 Å². The van der Waals surface area contributed by atoms with Gasteiger partial charge in [-0.15, -0.1) is 11.3 Å². The summed E-state index contributed by atoms with van der Waals surface area (Å²) in [5.74, 6) is -0.190. The second kappa shape index (κ2) is 7.50. The van der Waals surface area contributed by atoms with Gasteiger partial charge in [-0.2, -0.15) is 0 Å². The smallest absolute Gasteiger partial charge is 0.257 e. The highest BCUT2D eigenvalue weighted by molar-refractivity contribution is 7.92. The summed E-state index contributed by atoms with van der Waals surface area (Å²) >= 11 is 1.34. The third kappa shape index (κ3) is 4.93. The number of hydrogen-bond acceptors (Lipinski definition) is 5. The number of thiazole rings is 1.